The highest BCUT2D eigenvalue weighted by Crippen LogP contribution is 2.28. The first kappa shape index (κ1) is 21.6. The third kappa shape index (κ3) is 4.47. The molecule has 0 spiro atoms. The summed E-state index contributed by atoms with van der Waals surface area (Å²) in [6.45, 7) is 2.49. The summed E-state index contributed by atoms with van der Waals surface area (Å²) < 4.78 is 30.1. The van der Waals surface area contributed by atoms with Crippen LogP contribution in [0.3, 0.4) is 0 Å². The minimum absolute atomic E-state index is 0.282. The van der Waals surface area contributed by atoms with Gasteiger partial charge in [0, 0.05) is 23.0 Å². The third-order valence-electron chi connectivity index (χ3n) is 5.58. The molecule has 2 heterocycles. The molecule has 0 saturated carbocycles. The van der Waals surface area contributed by atoms with Gasteiger partial charge in [-0.1, -0.05) is 48.0 Å². The van der Waals surface area contributed by atoms with Gasteiger partial charge in [0.2, 0.25) is 0 Å². The second-order valence-electron chi connectivity index (χ2n) is 7.92. The average Bonchev–Trinajstić information content (AvgIpc) is 3.44. The number of para-hydroxylation sites is 2. The molecule has 0 amide bonds. The van der Waals surface area contributed by atoms with Crippen LogP contribution < -0.4 is 0 Å². The van der Waals surface area contributed by atoms with E-state index in [0.29, 0.717) is 12.3 Å². The summed E-state index contributed by atoms with van der Waals surface area (Å²) >= 11 is 1.69. The quantitative estimate of drug-likeness (QED) is 0.284. The number of aryl methyl sites for hydroxylation is 1. The summed E-state index contributed by atoms with van der Waals surface area (Å²) in [5, 5.41) is 0. The summed E-state index contributed by atoms with van der Waals surface area (Å²) in [5.41, 5.74) is 4.90. The van der Waals surface area contributed by atoms with E-state index in [0.717, 1.165) is 32.6 Å². The van der Waals surface area contributed by atoms with Crippen LogP contribution in [-0.2, 0) is 22.3 Å². The molecular weight excluding hydrogens is 450 g/mol. The fourth-order valence-electron chi connectivity index (χ4n) is 3.75. The van der Waals surface area contributed by atoms with Gasteiger partial charge in [-0.2, -0.15) is 0 Å². The van der Waals surface area contributed by atoms with Crippen molar-refractivity contribution in [3.63, 3.8) is 0 Å². The topological polar surface area (TPSA) is 56.9 Å². The fourth-order valence-corrected chi connectivity index (χ4v) is 5.94. The van der Waals surface area contributed by atoms with Crippen LogP contribution in [0.5, 0.6) is 0 Å². The minimum atomic E-state index is -3.68. The molecule has 2 aromatic heterocycles. The molecule has 0 unspecified atom stereocenters. The second-order valence-corrected chi connectivity index (χ2v) is 10.8. The van der Waals surface area contributed by atoms with E-state index in [1.807, 2.05) is 67.8 Å². The number of benzene rings is 3. The summed E-state index contributed by atoms with van der Waals surface area (Å²) in [6.07, 6.45) is 5.30. The first-order valence-corrected chi connectivity index (χ1v) is 13.0. The van der Waals surface area contributed by atoms with Gasteiger partial charge in [-0.05, 0) is 54.4 Å². The number of nitrogens with zero attached hydrogens (tertiary/aromatic N) is 3. The van der Waals surface area contributed by atoms with E-state index in [9.17, 15) is 8.42 Å². The van der Waals surface area contributed by atoms with Crippen molar-refractivity contribution in [3.8, 4) is 0 Å². The Balaban J connectivity index is 1.52. The molecule has 7 heteroatoms. The molecule has 0 bridgehead atoms. The van der Waals surface area contributed by atoms with Crippen molar-refractivity contribution in [2.45, 2.75) is 29.0 Å². The number of hydrogen-bond donors (Lipinski definition) is 0. The summed E-state index contributed by atoms with van der Waals surface area (Å²) in [4.78, 5) is 5.91. The SMILES string of the molecule is Cc1ccc(S(=O)(=O)n2cc(CSc3ccccc3)c(Cn3cnc4ccccc43)c2)cc1. The zero-order chi connectivity index (χ0) is 22.8. The molecule has 0 fully saturated rings. The van der Waals surface area contributed by atoms with Crippen molar-refractivity contribution in [3.05, 3.63) is 114 Å². The number of fused-ring (bicyclic) bond motifs is 1. The molecule has 0 N–H and O–H groups in total. The van der Waals surface area contributed by atoms with E-state index in [2.05, 4.69) is 21.7 Å². The highest BCUT2D eigenvalue weighted by Gasteiger charge is 2.20. The van der Waals surface area contributed by atoms with Crippen molar-refractivity contribution >= 4 is 32.8 Å². The lowest BCUT2D eigenvalue weighted by Gasteiger charge is -2.06. The zero-order valence-electron chi connectivity index (χ0n) is 18.1. The maximum atomic E-state index is 13.3. The van der Waals surface area contributed by atoms with Crippen LogP contribution in [0.25, 0.3) is 11.0 Å². The van der Waals surface area contributed by atoms with Crippen molar-refractivity contribution in [2.75, 3.05) is 0 Å². The Labute approximate surface area is 197 Å². The van der Waals surface area contributed by atoms with Crippen LogP contribution in [0, 0.1) is 6.92 Å². The molecule has 0 radical (unpaired) electrons. The van der Waals surface area contributed by atoms with Crippen molar-refractivity contribution in [1.82, 2.24) is 13.5 Å². The third-order valence-corrected chi connectivity index (χ3v) is 8.28. The molecule has 5 nitrogen and oxygen atoms in total. The first-order chi connectivity index (χ1) is 16.0. The van der Waals surface area contributed by atoms with E-state index < -0.39 is 10.0 Å². The summed E-state index contributed by atoms with van der Waals surface area (Å²) in [6, 6.07) is 25.0. The normalized spacial score (nSPS) is 11.8. The van der Waals surface area contributed by atoms with Gasteiger partial charge in [0.05, 0.1) is 28.8 Å². The predicted molar refractivity (Wildman–Crippen MR) is 133 cm³/mol. The molecule has 0 saturated heterocycles. The summed E-state index contributed by atoms with van der Waals surface area (Å²) in [7, 11) is -3.68. The maximum Gasteiger partial charge on any atom is 0.267 e. The number of aromatic nitrogens is 3. The Kier molecular flexibility index (Phi) is 5.83. The van der Waals surface area contributed by atoms with E-state index >= 15 is 0 Å². The maximum absolute atomic E-state index is 13.3. The van der Waals surface area contributed by atoms with E-state index in [-0.39, 0.29) is 4.90 Å². The van der Waals surface area contributed by atoms with Crippen LogP contribution in [0.2, 0.25) is 0 Å². The Morgan fingerprint density at radius 3 is 2.33 bits per heavy atom. The second kappa shape index (κ2) is 8.92. The van der Waals surface area contributed by atoms with Crippen LogP contribution >= 0.6 is 11.8 Å². The molecule has 0 atom stereocenters. The van der Waals surface area contributed by atoms with Crippen LogP contribution in [0.15, 0.2) is 107 Å². The van der Waals surface area contributed by atoms with Gasteiger partial charge in [-0.15, -0.1) is 11.8 Å². The lowest BCUT2D eigenvalue weighted by Crippen LogP contribution is -2.11. The highest BCUT2D eigenvalue weighted by molar-refractivity contribution is 7.98. The molecule has 33 heavy (non-hydrogen) atoms. The van der Waals surface area contributed by atoms with Crippen LogP contribution in [-0.4, -0.2) is 21.9 Å². The first-order valence-electron chi connectivity index (χ1n) is 10.6. The molecule has 5 aromatic rings. The lowest BCUT2D eigenvalue weighted by atomic mass is 10.2. The monoisotopic (exact) mass is 473 g/mol. The summed E-state index contributed by atoms with van der Waals surface area (Å²) in [5.74, 6) is 0.669. The number of imidazole rings is 1. The van der Waals surface area contributed by atoms with Crippen LogP contribution in [0.1, 0.15) is 16.7 Å². The Morgan fingerprint density at radius 2 is 1.55 bits per heavy atom. The Bertz CT molecular complexity index is 1500. The zero-order valence-corrected chi connectivity index (χ0v) is 19.8. The van der Waals surface area contributed by atoms with E-state index in [1.54, 1.807) is 36.3 Å². The number of rotatable bonds is 7. The van der Waals surface area contributed by atoms with Gasteiger partial charge in [-0.3, -0.25) is 0 Å². The Morgan fingerprint density at radius 1 is 0.848 bits per heavy atom. The highest BCUT2D eigenvalue weighted by atomic mass is 32.2. The largest absolute Gasteiger partial charge is 0.326 e. The fraction of sp³-hybridized carbons (Fsp3) is 0.115. The standard InChI is InChI=1S/C26H23N3O2S2/c1-20-11-13-24(14-12-20)33(30,31)29-16-21(15-28-19-27-25-9-5-6-10-26(25)28)22(17-29)18-32-23-7-3-2-4-8-23/h2-14,16-17,19H,15,18H2,1H3. The van der Waals surface area contributed by atoms with Gasteiger partial charge in [-0.25, -0.2) is 17.4 Å². The molecular formula is C26H23N3O2S2. The molecule has 5 rings (SSSR count). The van der Waals surface area contributed by atoms with Gasteiger partial charge in [0.25, 0.3) is 10.0 Å². The predicted octanol–water partition coefficient (Wildman–Crippen LogP) is 5.72. The minimum Gasteiger partial charge on any atom is -0.326 e. The number of hydrogen-bond acceptors (Lipinski definition) is 4. The Hall–Kier alpha value is -3.29. The van der Waals surface area contributed by atoms with Crippen molar-refractivity contribution in [1.29, 1.82) is 0 Å². The van der Waals surface area contributed by atoms with Crippen LogP contribution in [0.4, 0.5) is 0 Å². The van der Waals surface area contributed by atoms with Gasteiger partial charge < -0.3 is 4.57 Å². The van der Waals surface area contributed by atoms with E-state index in [1.165, 1.54) is 3.97 Å². The number of thioether (sulfide) groups is 1. The molecule has 0 aliphatic heterocycles. The molecule has 166 valence electrons. The smallest absolute Gasteiger partial charge is 0.267 e. The molecule has 3 aromatic carbocycles. The molecule has 0 aliphatic rings. The molecule has 0 aliphatic carbocycles. The van der Waals surface area contributed by atoms with Crippen molar-refractivity contribution < 1.29 is 8.42 Å². The van der Waals surface area contributed by atoms with Gasteiger partial charge >= 0.3 is 0 Å². The van der Waals surface area contributed by atoms with Gasteiger partial charge in [0.1, 0.15) is 0 Å². The van der Waals surface area contributed by atoms with Crippen molar-refractivity contribution in [2.24, 2.45) is 0 Å². The lowest BCUT2D eigenvalue weighted by molar-refractivity contribution is 0.587. The average molecular weight is 474 g/mol. The van der Waals surface area contributed by atoms with E-state index in [4.69, 9.17) is 0 Å². The van der Waals surface area contributed by atoms with Gasteiger partial charge in [0.15, 0.2) is 0 Å².